The van der Waals surface area contributed by atoms with Crippen molar-refractivity contribution in [3.05, 3.63) is 0 Å². The number of nitrogens with one attached hydrogen (secondary N) is 2. The fourth-order valence-corrected chi connectivity index (χ4v) is 3.86. The standard InChI is InChI=1S/C27H52N2O7/c1-2-35-21-22-36-20-19-28-25(31)18-17-24(23-30)29-26(32)15-13-11-9-7-5-3-4-6-8-10-12-14-16-27(33)34/h24,30H,2-23H2,1H3,(H,28,31)(H,29,32)(H,33,34). The van der Waals surface area contributed by atoms with Crippen LogP contribution in [-0.2, 0) is 23.9 Å². The second-order valence-electron chi connectivity index (χ2n) is 9.28. The van der Waals surface area contributed by atoms with E-state index in [0.29, 0.717) is 45.8 Å². The maximum atomic E-state index is 12.1. The first-order chi connectivity index (χ1) is 17.5. The molecule has 1 atom stereocenters. The van der Waals surface area contributed by atoms with Crippen LogP contribution in [0.3, 0.4) is 0 Å². The summed E-state index contributed by atoms with van der Waals surface area (Å²) >= 11 is 0. The molecule has 0 rings (SSSR count). The van der Waals surface area contributed by atoms with Crippen molar-refractivity contribution in [1.29, 1.82) is 0 Å². The van der Waals surface area contributed by atoms with Gasteiger partial charge in [-0.15, -0.1) is 0 Å². The number of carboxylic acids is 1. The number of amides is 2. The van der Waals surface area contributed by atoms with Gasteiger partial charge in [-0.05, 0) is 26.2 Å². The highest BCUT2D eigenvalue weighted by atomic mass is 16.5. The molecule has 9 nitrogen and oxygen atoms in total. The number of carbonyl (C=O) groups excluding carboxylic acids is 2. The van der Waals surface area contributed by atoms with Crippen LogP contribution in [0.1, 0.15) is 110 Å². The Morgan fingerprint density at radius 1 is 0.694 bits per heavy atom. The van der Waals surface area contributed by atoms with Gasteiger partial charge in [0.2, 0.25) is 11.8 Å². The Labute approximate surface area is 218 Å². The van der Waals surface area contributed by atoms with Gasteiger partial charge in [0.15, 0.2) is 0 Å². The first-order valence-electron chi connectivity index (χ1n) is 14.0. The molecule has 9 heteroatoms. The monoisotopic (exact) mass is 516 g/mol. The SMILES string of the molecule is CCOCCOCCNC(=O)CCC(CO)NC(=O)CCCCCCCCCCCCCCC(=O)O. The van der Waals surface area contributed by atoms with Crippen LogP contribution in [0.2, 0.25) is 0 Å². The van der Waals surface area contributed by atoms with Crippen molar-refractivity contribution in [3.63, 3.8) is 0 Å². The summed E-state index contributed by atoms with van der Waals surface area (Å²) in [6.45, 7) is 4.31. The molecule has 0 aliphatic heterocycles. The van der Waals surface area contributed by atoms with Crippen molar-refractivity contribution in [2.75, 3.05) is 39.6 Å². The number of carboxylic acid groups (broad SMARTS) is 1. The van der Waals surface area contributed by atoms with Crippen LogP contribution in [0.5, 0.6) is 0 Å². The highest BCUT2D eigenvalue weighted by molar-refractivity contribution is 5.77. The first-order valence-corrected chi connectivity index (χ1v) is 14.0. The summed E-state index contributed by atoms with van der Waals surface area (Å²) in [4.78, 5) is 34.5. The number of ether oxygens (including phenoxy) is 2. The Bertz CT molecular complexity index is 546. The zero-order valence-electron chi connectivity index (χ0n) is 22.6. The minimum atomic E-state index is -0.700. The van der Waals surface area contributed by atoms with Crippen LogP contribution in [0.25, 0.3) is 0 Å². The van der Waals surface area contributed by atoms with E-state index in [0.717, 1.165) is 38.5 Å². The minimum absolute atomic E-state index is 0.0690. The molecular formula is C27H52N2O7. The third-order valence-corrected chi connectivity index (χ3v) is 5.99. The molecule has 0 aliphatic carbocycles. The lowest BCUT2D eigenvalue weighted by molar-refractivity contribution is -0.137. The number of rotatable bonds is 27. The van der Waals surface area contributed by atoms with E-state index in [9.17, 15) is 19.5 Å². The second-order valence-corrected chi connectivity index (χ2v) is 9.28. The van der Waals surface area contributed by atoms with Crippen LogP contribution in [0, 0.1) is 0 Å². The molecule has 0 saturated carbocycles. The van der Waals surface area contributed by atoms with E-state index in [4.69, 9.17) is 14.6 Å². The Morgan fingerprint density at radius 2 is 1.22 bits per heavy atom. The molecule has 212 valence electrons. The van der Waals surface area contributed by atoms with Crippen LogP contribution >= 0.6 is 0 Å². The average Bonchev–Trinajstić information content (AvgIpc) is 2.85. The molecule has 0 fully saturated rings. The highest BCUT2D eigenvalue weighted by Crippen LogP contribution is 2.13. The first kappa shape index (κ1) is 34.3. The van der Waals surface area contributed by atoms with Crippen molar-refractivity contribution in [2.45, 2.75) is 116 Å². The fraction of sp³-hybridized carbons (Fsp3) is 0.889. The van der Waals surface area contributed by atoms with Crippen LogP contribution in [0.15, 0.2) is 0 Å². The predicted molar refractivity (Wildman–Crippen MR) is 141 cm³/mol. The van der Waals surface area contributed by atoms with Gasteiger partial charge < -0.3 is 30.3 Å². The summed E-state index contributed by atoms with van der Waals surface area (Å²) in [6, 6.07) is -0.400. The Balaban J connectivity index is 3.54. The molecule has 0 saturated heterocycles. The lowest BCUT2D eigenvalue weighted by Crippen LogP contribution is -2.38. The van der Waals surface area contributed by atoms with Crippen LogP contribution < -0.4 is 10.6 Å². The summed E-state index contributed by atoms with van der Waals surface area (Å²) in [7, 11) is 0. The van der Waals surface area contributed by atoms with E-state index in [1.807, 2.05) is 6.92 Å². The Kier molecular flexibility index (Phi) is 25.1. The molecule has 0 aromatic carbocycles. The van der Waals surface area contributed by atoms with Crippen molar-refractivity contribution in [2.24, 2.45) is 0 Å². The van der Waals surface area contributed by atoms with Gasteiger partial charge in [-0.1, -0.05) is 64.2 Å². The summed E-state index contributed by atoms with van der Waals surface area (Å²) in [5, 5.41) is 23.7. The van der Waals surface area contributed by atoms with E-state index in [1.165, 1.54) is 38.5 Å². The number of hydrogen-bond donors (Lipinski definition) is 4. The molecule has 0 radical (unpaired) electrons. The van der Waals surface area contributed by atoms with Gasteiger partial charge in [-0.25, -0.2) is 0 Å². The van der Waals surface area contributed by atoms with Gasteiger partial charge in [0.25, 0.3) is 0 Å². The fourth-order valence-electron chi connectivity index (χ4n) is 3.86. The maximum absolute atomic E-state index is 12.1. The van der Waals surface area contributed by atoms with Crippen LogP contribution in [-0.4, -0.2) is 73.6 Å². The van der Waals surface area contributed by atoms with Crippen molar-refractivity contribution in [3.8, 4) is 0 Å². The molecule has 1 unspecified atom stereocenters. The quantitative estimate of drug-likeness (QED) is 0.121. The number of aliphatic hydroxyl groups excluding tert-OH is 1. The minimum Gasteiger partial charge on any atom is -0.481 e. The molecule has 0 aromatic rings. The molecule has 0 bridgehead atoms. The van der Waals surface area contributed by atoms with E-state index in [1.54, 1.807) is 0 Å². The molecular weight excluding hydrogens is 464 g/mol. The molecule has 0 spiro atoms. The zero-order chi connectivity index (χ0) is 26.7. The number of carbonyl (C=O) groups is 3. The van der Waals surface area contributed by atoms with E-state index >= 15 is 0 Å². The zero-order valence-corrected chi connectivity index (χ0v) is 22.6. The molecule has 2 amide bonds. The summed E-state index contributed by atoms with van der Waals surface area (Å²) in [6.07, 6.45) is 14.6. The summed E-state index contributed by atoms with van der Waals surface area (Å²) in [5.74, 6) is -0.888. The molecule has 0 heterocycles. The van der Waals surface area contributed by atoms with Gasteiger partial charge in [0, 0.05) is 32.4 Å². The normalized spacial score (nSPS) is 11.8. The number of aliphatic hydroxyl groups is 1. The van der Waals surface area contributed by atoms with Gasteiger partial charge in [-0.2, -0.15) is 0 Å². The Morgan fingerprint density at radius 3 is 1.75 bits per heavy atom. The topological polar surface area (TPSA) is 134 Å². The van der Waals surface area contributed by atoms with Crippen molar-refractivity contribution in [1.82, 2.24) is 10.6 Å². The average molecular weight is 517 g/mol. The number of aliphatic carboxylic acids is 1. The second kappa shape index (κ2) is 26.4. The maximum Gasteiger partial charge on any atom is 0.303 e. The lowest BCUT2D eigenvalue weighted by atomic mass is 10.0. The van der Waals surface area contributed by atoms with Gasteiger partial charge in [0.05, 0.1) is 32.5 Å². The molecule has 4 N–H and O–H groups in total. The van der Waals surface area contributed by atoms with E-state index < -0.39 is 12.0 Å². The lowest BCUT2D eigenvalue weighted by Gasteiger charge is -2.16. The summed E-state index contributed by atoms with van der Waals surface area (Å²) < 4.78 is 10.5. The third-order valence-electron chi connectivity index (χ3n) is 5.99. The third kappa shape index (κ3) is 25.4. The predicted octanol–water partition coefficient (Wildman–Crippen LogP) is 3.96. The molecule has 36 heavy (non-hydrogen) atoms. The summed E-state index contributed by atoms with van der Waals surface area (Å²) in [5.41, 5.74) is 0. The van der Waals surface area contributed by atoms with Gasteiger partial charge >= 0.3 is 5.97 Å². The van der Waals surface area contributed by atoms with E-state index in [-0.39, 0.29) is 31.3 Å². The van der Waals surface area contributed by atoms with Crippen molar-refractivity contribution >= 4 is 17.8 Å². The largest absolute Gasteiger partial charge is 0.481 e. The van der Waals surface area contributed by atoms with Crippen LogP contribution in [0.4, 0.5) is 0 Å². The highest BCUT2D eigenvalue weighted by Gasteiger charge is 2.13. The van der Waals surface area contributed by atoms with Gasteiger partial charge in [-0.3, -0.25) is 14.4 Å². The number of unbranched alkanes of at least 4 members (excludes halogenated alkanes) is 11. The van der Waals surface area contributed by atoms with E-state index in [2.05, 4.69) is 10.6 Å². The number of hydrogen-bond acceptors (Lipinski definition) is 6. The Hall–Kier alpha value is -1.71. The molecule has 0 aliphatic rings. The molecule has 0 aromatic heterocycles. The van der Waals surface area contributed by atoms with Gasteiger partial charge in [0.1, 0.15) is 0 Å². The smallest absolute Gasteiger partial charge is 0.303 e. The van der Waals surface area contributed by atoms with Crippen molar-refractivity contribution < 1.29 is 34.1 Å².